The lowest BCUT2D eigenvalue weighted by Gasteiger charge is -2.17. The molecule has 1 N–H and O–H groups in total. The molecule has 0 amide bonds. The number of nitrogens with zero attached hydrogens (tertiary/aromatic N) is 1. The van der Waals surface area contributed by atoms with E-state index < -0.39 is 10.0 Å². The van der Waals surface area contributed by atoms with Crippen molar-refractivity contribution < 1.29 is 8.42 Å². The summed E-state index contributed by atoms with van der Waals surface area (Å²) in [5.41, 5.74) is 1.14. The predicted octanol–water partition coefficient (Wildman–Crippen LogP) is 2.29. The first-order valence-corrected chi connectivity index (χ1v) is 8.45. The smallest absolute Gasteiger partial charge is 0.240 e. The third kappa shape index (κ3) is 5.23. The van der Waals surface area contributed by atoms with E-state index >= 15 is 0 Å². The zero-order valence-electron chi connectivity index (χ0n) is 13.1. The van der Waals surface area contributed by atoms with Gasteiger partial charge in [-0.25, -0.2) is 13.1 Å². The van der Waals surface area contributed by atoms with E-state index in [2.05, 4.69) is 23.5 Å². The van der Waals surface area contributed by atoms with Gasteiger partial charge in [0, 0.05) is 13.1 Å². The monoisotopic (exact) mass is 298 g/mol. The van der Waals surface area contributed by atoms with Crippen molar-refractivity contribution in [3.05, 3.63) is 29.8 Å². The summed E-state index contributed by atoms with van der Waals surface area (Å²) in [6, 6.07) is 7.10. The number of sulfonamides is 1. The molecular weight excluding hydrogens is 272 g/mol. The fourth-order valence-corrected chi connectivity index (χ4v) is 3.22. The molecule has 0 aliphatic carbocycles. The lowest BCUT2D eigenvalue weighted by Crippen LogP contribution is -2.32. The number of benzene rings is 1. The Morgan fingerprint density at radius 3 is 2.10 bits per heavy atom. The van der Waals surface area contributed by atoms with Crippen molar-refractivity contribution in [3.63, 3.8) is 0 Å². The summed E-state index contributed by atoms with van der Waals surface area (Å²) in [6.07, 6.45) is 0. The molecule has 0 saturated carbocycles. The Kier molecular flexibility index (Phi) is 6.17. The SMILES string of the molecule is CC(C)c1ccc(S(=O)(=O)NC[C@@H](C)CN(C)C)cc1. The molecular formula is C15H26N2O2S. The van der Waals surface area contributed by atoms with Gasteiger partial charge >= 0.3 is 0 Å². The van der Waals surface area contributed by atoms with Gasteiger partial charge in [-0.1, -0.05) is 32.9 Å². The van der Waals surface area contributed by atoms with Gasteiger partial charge in [-0.2, -0.15) is 0 Å². The van der Waals surface area contributed by atoms with E-state index in [1.54, 1.807) is 12.1 Å². The second-order valence-corrected chi connectivity index (χ2v) is 7.71. The fourth-order valence-electron chi connectivity index (χ4n) is 2.06. The Hall–Kier alpha value is -0.910. The van der Waals surface area contributed by atoms with Gasteiger partial charge in [-0.05, 0) is 43.6 Å². The number of hydrogen-bond acceptors (Lipinski definition) is 3. The topological polar surface area (TPSA) is 49.4 Å². The van der Waals surface area contributed by atoms with Gasteiger partial charge in [-0.3, -0.25) is 0 Å². The molecule has 0 saturated heterocycles. The van der Waals surface area contributed by atoms with Crippen molar-refractivity contribution in [2.45, 2.75) is 31.6 Å². The molecule has 0 aliphatic heterocycles. The van der Waals surface area contributed by atoms with Crippen LogP contribution in [0, 0.1) is 5.92 Å². The van der Waals surface area contributed by atoms with Crippen LogP contribution in [0.4, 0.5) is 0 Å². The number of rotatable bonds is 7. The maximum absolute atomic E-state index is 12.2. The van der Waals surface area contributed by atoms with E-state index in [1.807, 2.05) is 33.2 Å². The Morgan fingerprint density at radius 1 is 1.10 bits per heavy atom. The van der Waals surface area contributed by atoms with Gasteiger partial charge in [0.1, 0.15) is 0 Å². The summed E-state index contributed by atoms with van der Waals surface area (Å²) < 4.78 is 27.0. The summed E-state index contributed by atoms with van der Waals surface area (Å²) in [5.74, 6) is 0.675. The van der Waals surface area contributed by atoms with Gasteiger partial charge < -0.3 is 4.90 Å². The van der Waals surface area contributed by atoms with Crippen molar-refractivity contribution in [3.8, 4) is 0 Å². The minimum absolute atomic E-state index is 0.273. The van der Waals surface area contributed by atoms with Gasteiger partial charge in [0.15, 0.2) is 0 Å². The van der Waals surface area contributed by atoms with E-state index in [9.17, 15) is 8.42 Å². The molecule has 20 heavy (non-hydrogen) atoms. The van der Waals surface area contributed by atoms with Gasteiger partial charge in [-0.15, -0.1) is 0 Å². The van der Waals surface area contributed by atoms with Crippen molar-refractivity contribution in [1.29, 1.82) is 0 Å². The molecule has 1 aromatic carbocycles. The van der Waals surface area contributed by atoms with Crippen LogP contribution in [-0.2, 0) is 10.0 Å². The summed E-state index contributed by atoms with van der Waals surface area (Å²) in [4.78, 5) is 2.38. The minimum Gasteiger partial charge on any atom is -0.309 e. The Labute approximate surface area is 123 Å². The molecule has 114 valence electrons. The van der Waals surface area contributed by atoms with Crippen LogP contribution in [-0.4, -0.2) is 40.5 Å². The number of nitrogens with one attached hydrogen (secondary N) is 1. The second kappa shape index (κ2) is 7.20. The fraction of sp³-hybridized carbons (Fsp3) is 0.600. The molecule has 0 unspecified atom stereocenters. The average Bonchev–Trinajstić information content (AvgIpc) is 2.36. The molecule has 4 nitrogen and oxygen atoms in total. The lowest BCUT2D eigenvalue weighted by molar-refractivity contribution is 0.339. The molecule has 0 spiro atoms. The van der Waals surface area contributed by atoms with Crippen LogP contribution >= 0.6 is 0 Å². The van der Waals surface area contributed by atoms with Crippen LogP contribution < -0.4 is 4.72 Å². The van der Waals surface area contributed by atoms with Crippen molar-refractivity contribution in [2.24, 2.45) is 5.92 Å². The molecule has 0 bridgehead atoms. The molecule has 1 atom stereocenters. The summed E-state index contributed by atoms with van der Waals surface area (Å²) in [7, 11) is 0.561. The highest BCUT2D eigenvalue weighted by atomic mass is 32.2. The number of hydrogen-bond donors (Lipinski definition) is 1. The van der Waals surface area contributed by atoms with Crippen LogP contribution in [0.3, 0.4) is 0 Å². The van der Waals surface area contributed by atoms with Crippen LogP contribution in [0.25, 0.3) is 0 Å². The summed E-state index contributed by atoms with van der Waals surface area (Å²) in [5, 5.41) is 0. The largest absolute Gasteiger partial charge is 0.309 e. The lowest BCUT2D eigenvalue weighted by atomic mass is 10.0. The van der Waals surface area contributed by atoms with Crippen molar-refractivity contribution in [1.82, 2.24) is 9.62 Å². The highest BCUT2D eigenvalue weighted by Gasteiger charge is 2.15. The first-order chi connectivity index (χ1) is 9.22. The molecule has 0 heterocycles. The second-order valence-electron chi connectivity index (χ2n) is 5.94. The Balaban J connectivity index is 2.69. The standard InChI is InChI=1S/C15H26N2O2S/c1-12(2)14-6-8-15(9-7-14)20(18,19)16-10-13(3)11-17(4)5/h6-9,12-13,16H,10-11H2,1-5H3/t13-/m1/s1. The normalized spacial score (nSPS) is 13.9. The summed E-state index contributed by atoms with van der Waals surface area (Å²) >= 11 is 0. The van der Waals surface area contributed by atoms with Gasteiger partial charge in [0.05, 0.1) is 4.90 Å². The third-order valence-electron chi connectivity index (χ3n) is 3.16. The van der Waals surface area contributed by atoms with E-state index in [4.69, 9.17) is 0 Å². The van der Waals surface area contributed by atoms with E-state index in [0.29, 0.717) is 17.4 Å². The van der Waals surface area contributed by atoms with Crippen LogP contribution in [0.5, 0.6) is 0 Å². The summed E-state index contributed by atoms with van der Waals surface area (Å²) in [6.45, 7) is 7.51. The average molecular weight is 298 g/mol. The van der Waals surface area contributed by atoms with Crippen molar-refractivity contribution >= 4 is 10.0 Å². The van der Waals surface area contributed by atoms with Gasteiger partial charge in [0.2, 0.25) is 10.0 Å². The van der Waals surface area contributed by atoms with E-state index in [-0.39, 0.29) is 5.92 Å². The maximum atomic E-state index is 12.2. The maximum Gasteiger partial charge on any atom is 0.240 e. The quantitative estimate of drug-likeness (QED) is 0.840. The molecule has 0 aliphatic rings. The molecule has 1 aromatic rings. The van der Waals surface area contributed by atoms with Crippen LogP contribution in [0.15, 0.2) is 29.2 Å². The zero-order valence-corrected chi connectivity index (χ0v) is 13.9. The highest BCUT2D eigenvalue weighted by molar-refractivity contribution is 7.89. The Bertz CT molecular complexity index is 507. The Morgan fingerprint density at radius 2 is 1.65 bits per heavy atom. The van der Waals surface area contributed by atoms with Gasteiger partial charge in [0.25, 0.3) is 0 Å². The third-order valence-corrected chi connectivity index (χ3v) is 4.60. The highest BCUT2D eigenvalue weighted by Crippen LogP contribution is 2.17. The van der Waals surface area contributed by atoms with Crippen molar-refractivity contribution in [2.75, 3.05) is 27.2 Å². The molecule has 1 rings (SSSR count). The van der Waals surface area contributed by atoms with E-state index in [0.717, 1.165) is 12.1 Å². The zero-order chi connectivity index (χ0) is 15.3. The predicted molar refractivity (Wildman–Crippen MR) is 83.4 cm³/mol. The minimum atomic E-state index is -3.40. The molecule has 0 aromatic heterocycles. The van der Waals surface area contributed by atoms with Crippen LogP contribution in [0.1, 0.15) is 32.3 Å². The van der Waals surface area contributed by atoms with Crippen LogP contribution in [0.2, 0.25) is 0 Å². The molecule has 0 fully saturated rings. The first-order valence-electron chi connectivity index (χ1n) is 6.96. The molecule has 5 heteroatoms. The van der Waals surface area contributed by atoms with E-state index in [1.165, 1.54) is 0 Å². The molecule has 0 radical (unpaired) electrons. The first kappa shape index (κ1) is 17.1.